The predicted molar refractivity (Wildman–Crippen MR) is 139 cm³/mol. The number of aryl methyl sites for hydroxylation is 2. The molecule has 4 aromatic rings. The Hall–Kier alpha value is -2.47. The smallest absolute Gasteiger partial charge is 0.138 e. The van der Waals surface area contributed by atoms with Crippen LogP contribution in [0, 0.1) is 13.8 Å². The van der Waals surface area contributed by atoms with Gasteiger partial charge in [-0.25, -0.2) is 4.98 Å². The second-order valence-electron chi connectivity index (χ2n) is 8.85. The van der Waals surface area contributed by atoms with Crippen LogP contribution in [0.5, 0.6) is 5.75 Å². The zero-order chi connectivity index (χ0) is 22.8. The van der Waals surface area contributed by atoms with E-state index in [2.05, 4.69) is 48.4 Å². The van der Waals surface area contributed by atoms with Crippen LogP contribution in [0.25, 0.3) is 32.6 Å². The topological polar surface area (TPSA) is 47.0 Å². The number of aromatic nitrogens is 2. The highest BCUT2D eigenvalue weighted by Gasteiger charge is 2.18. The lowest BCUT2D eigenvalue weighted by Crippen LogP contribution is -2.35. The molecule has 6 heteroatoms. The standard InChI is InChI=1S/C27H28ClN3OS/c1-17-11-18(2)13-19(12-17)23-16-31-25-15-24(28)21(27-30-8-10-33-27)14-22(25)26(23)32-9-6-20-5-3-4-7-29-20/h8,10-16,20,29H,3-7,9H2,1-2H3. The molecule has 4 nitrogen and oxygen atoms in total. The van der Waals surface area contributed by atoms with E-state index in [1.54, 1.807) is 17.5 Å². The summed E-state index contributed by atoms with van der Waals surface area (Å²) in [4.78, 5) is 9.24. The summed E-state index contributed by atoms with van der Waals surface area (Å²) in [7, 11) is 0. The van der Waals surface area contributed by atoms with Gasteiger partial charge in [0.2, 0.25) is 0 Å². The van der Waals surface area contributed by atoms with Gasteiger partial charge < -0.3 is 10.1 Å². The number of fused-ring (bicyclic) bond motifs is 1. The van der Waals surface area contributed by atoms with Crippen LogP contribution in [0.2, 0.25) is 5.02 Å². The number of nitrogens with one attached hydrogen (secondary N) is 1. The number of benzene rings is 2. The summed E-state index contributed by atoms with van der Waals surface area (Å²) in [6, 6.07) is 11.1. The van der Waals surface area contributed by atoms with E-state index >= 15 is 0 Å². The van der Waals surface area contributed by atoms with E-state index < -0.39 is 0 Å². The lowest BCUT2D eigenvalue weighted by atomic mass is 9.99. The number of piperidine rings is 1. The zero-order valence-electron chi connectivity index (χ0n) is 19.0. The Balaban J connectivity index is 1.59. The lowest BCUT2D eigenvalue weighted by molar-refractivity contribution is 0.271. The Morgan fingerprint density at radius 2 is 1.91 bits per heavy atom. The lowest BCUT2D eigenvalue weighted by Gasteiger charge is -2.24. The van der Waals surface area contributed by atoms with Gasteiger partial charge in [0.25, 0.3) is 0 Å². The van der Waals surface area contributed by atoms with Gasteiger partial charge in [0.15, 0.2) is 0 Å². The number of hydrogen-bond donors (Lipinski definition) is 1. The van der Waals surface area contributed by atoms with Gasteiger partial charge >= 0.3 is 0 Å². The van der Waals surface area contributed by atoms with Crippen molar-refractivity contribution in [3.8, 4) is 27.4 Å². The quantitative estimate of drug-likeness (QED) is 0.318. The molecule has 170 valence electrons. The minimum atomic E-state index is 0.525. The van der Waals surface area contributed by atoms with E-state index in [0.717, 1.165) is 51.3 Å². The van der Waals surface area contributed by atoms with E-state index in [4.69, 9.17) is 21.3 Å². The fourth-order valence-electron chi connectivity index (χ4n) is 4.67. The summed E-state index contributed by atoms with van der Waals surface area (Å²) >= 11 is 8.21. The van der Waals surface area contributed by atoms with E-state index in [1.165, 1.54) is 30.4 Å². The van der Waals surface area contributed by atoms with Crippen molar-refractivity contribution in [2.24, 2.45) is 0 Å². The molecule has 0 bridgehead atoms. The largest absolute Gasteiger partial charge is 0.492 e. The van der Waals surface area contributed by atoms with Crippen molar-refractivity contribution in [3.63, 3.8) is 0 Å². The minimum absolute atomic E-state index is 0.525. The van der Waals surface area contributed by atoms with E-state index in [9.17, 15) is 0 Å². The molecule has 0 aliphatic carbocycles. The average Bonchev–Trinajstić information content (AvgIpc) is 3.33. The molecule has 3 heterocycles. The number of hydrogen-bond acceptors (Lipinski definition) is 5. The molecule has 2 aromatic carbocycles. The summed E-state index contributed by atoms with van der Waals surface area (Å²) in [6.45, 7) is 6.01. The first kappa shape index (κ1) is 22.3. The Morgan fingerprint density at radius 3 is 2.64 bits per heavy atom. The van der Waals surface area contributed by atoms with Crippen molar-refractivity contribution in [1.82, 2.24) is 15.3 Å². The molecule has 1 fully saturated rings. The third-order valence-corrected chi connectivity index (χ3v) is 7.35. The first-order valence-corrected chi connectivity index (χ1v) is 12.8. The highest BCUT2D eigenvalue weighted by atomic mass is 35.5. The van der Waals surface area contributed by atoms with Gasteiger partial charge in [-0.05, 0) is 57.4 Å². The van der Waals surface area contributed by atoms with E-state index in [-0.39, 0.29) is 0 Å². The Kier molecular flexibility index (Phi) is 6.63. The summed E-state index contributed by atoms with van der Waals surface area (Å²) in [5.74, 6) is 0.871. The average molecular weight is 478 g/mol. The number of thiazole rings is 1. The van der Waals surface area contributed by atoms with Gasteiger partial charge in [0.05, 0.1) is 17.1 Å². The third-order valence-electron chi connectivity index (χ3n) is 6.23. The van der Waals surface area contributed by atoms with Crippen LogP contribution in [-0.2, 0) is 0 Å². The van der Waals surface area contributed by atoms with Crippen molar-refractivity contribution in [2.45, 2.75) is 45.6 Å². The zero-order valence-corrected chi connectivity index (χ0v) is 20.6. The number of nitrogens with zero attached hydrogens (tertiary/aromatic N) is 2. The number of ether oxygens (including phenoxy) is 1. The van der Waals surface area contributed by atoms with Crippen molar-refractivity contribution < 1.29 is 4.74 Å². The minimum Gasteiger partial charge on any atom is -0.492 e. The maximum Gasteiger partial charge on any atom is 0.138 e. The second kappa shape index (κ2) is 9.80. The molecule has 1 atom stereocenters. The summed E-state index contributed by atoms with van der Waals surface area (Å²) in [6.07, 6.45) is 8.49. The van der Waals surface area contributed by atoms with Gasteiger partial charge in [-0.3, -0.25) is 4.98 Å². The second-order valence-corrected chi connectivity index (χ2v) is 10.1. The van der Waals surface area contributed by atoms with Crippen molar-refractivity contribution in [3.05, 3.63) is 64.3 Å². The fourth-order valence-corrected chi connectivity index (χ4v) is 5.65. The summed E-state index contributed by atoms with van der Waals surface area (Å²) in [5.41, 5.74) is 6.33. The molecule has 1 aliphatic heterocycles. The summed E-state index contributed by atoms with van der Waals surface area (Å²) in [5, 5.41) is 8.11. The molecule has 2 aromatic heterocycles. The van der Waals surface area contributed by atoms with Crippen LogP contribution >= 0.6 is 22.9 Å². The van der Waals surface area contributed by atoms with Crippen LogP contribution in [0.15, 0.2) is 48.1 Å². The number of pyridine rings is 1. The normalized spacial score (nSPS) is 16.3. The molecular formula is C27H28ClN3OS. The molecule has 1 aliphatic rings. The van der Waals surface area contributed by atoms with Gasteiger partial charge in [0.1, 0.15) is 10.8 Å². The molecule has 1 unspecified atom stereocenters. The van der Waals surface area contributed by atoms with Crippen LogP contribution in [-0.4, -0.2) is 29.2 Å². The Bertz CT molecular complexity index is 1250. The fraction of sp³-hybridized carbons (Fsp3) is 0.333. The van der Waals surface area contributed by atoms with Gasteiger partial charge in [0, 0.05) is 40.3 Å². The summed E-state index contributed by atoms with van der Waals surface area (Å²) < 4.78 is 6.56. The number of rotatable bonds is 6. The Morgan fingerprint density at radius 1 is 1.06 bits per heavy atom. The third kappa shape index (κ3) is 4.91. The van der Waals surface area contributed by atoms with Crippen molar-refractivity contribution >= 4 is 33.8 Å². The molecule has 5 rings (SSSR count). The number of halogens is 1. The molecular weight excluding hydrogens is 450 g/mol. The molecule has 0 spiro atoms. The molecule has 1 saturated heterocycles. The van der Waals surface area contributed by atoms with Crippen LogP contribution in [0.4, 0.5) is 0 Å². The van der Waals surface area contributed by atoms with Crippen molar-refractivity contribution in [1.29, 1.82) is 0 Å². The molecule has 0 saturated carbocycles. The molecule has 0 amide bonds. The van der Waals surface area contributed by atoms with Crippen LogP contribution < -0.4 is 10.1 Å². The van der Waals surface area contributed by atoms with Gasteiger partial charge in [-0.1, -0.05) is 47.3 Å². The van der Waals surface area contributed by atoms with Gasteiger partial charge in [-0.15, -0.1) is 11.3 Å². The predicted octanol–water partition coefficient (Wildman–Crippen LogP) is 7.21. The SMILES string of the molecule is Cc1cc(C)cc(-c2cnc3cc(Cl)c(-c4nccs4)cc3c2OCCC2CCCCN2)c1. The van der Waals surface area contributed by atoms with Crippen LogP contribution in [0.1, 0.15) is 36.8 Å². The first-order chi connectivity index (χ1) is 16.1. The maximum absolute atomic E-state index is 6.63. The van der Waals surface area contributed by atoms with Gasteiger partial charge in [-0.2, -0.15) is 0 Å². The van der Waals surface area contributed by atoms with Crippen molar-refractivity contribution in [2.75, 3.05) is 13.2 Å². The molecule has 1 N–H and O–H groups in total. The van der Waals surface area contributed by atoms with E-state index in [0.29, 0.717) is 17.7 Å². The monoisotopic (exact) mass is 477 g/mol. The Labute approximate surface area is 204 Å². The highest BCUT2D eigenvalue weighted by Crippen LogP contribution is 2.41. The highest BCUT2D eigenvalue weighted by molar-refractivity contribution is 7.13. The van der Waals surface area contributed by atoms with E-state index in [1.807, 2.05) is 17.6 Å². The maximum atomic E-state index is 6.63. The first-order valence-electron chi connectivity index (χ1n) is 11.6. The van der Waals surface area contributed by atoms with Crippen LogP contribution in [0.3, 0.4) is 0 Å². The molecule has 0 radical (unpaired) electrons. The molecule has 33 heavy (non-hydrogen) atoms.